The van der Waals surface area contributed by atoms with Crippen LogP contribution in [0, 0.1) is 6.92 Å². The Morgan fingerprint density at radius 2 is 1.96 bits per heavy atom. The Bertz CT molecular complexity index is 929. The molecule has 0 atom stereocenters. The van der Waals surface area contributed by atoms with Crippen molar-refractivity contribution in [3.05, 3.63) is 65.4 Å². The van der Waals surface area contributed by atoms with Crippen molar-refractivity contribution in [1.29, 1.82) is 0 Å². The van der Waals surface area contributed by atoms with Gasteiger partial charge >= 0.3 is 0 Å². The quantitative estimate of drug-likeness (QED) is 0.702. The van der Waals surface area contributed by atoms with Gasteiger partial charge in [0, 0.05) is 48.1 Å². The maximum absolute atomic E-state index is 12.6. The molecular formula is C22H24N2O2. The van der Waals surface area contributed by atoms with Gasteiger partial charge in [-0.25, -0.2) is 0 Å². The number of para-hydroxylation sites is 2. The number of ether oxygens (including phenoxy) is 1. The molecule has 1 N–H and O–H groups in total. The van der Waals surface area contributed by atoms with E-state index in [1.54, 1.807) is 0 Å². The molecule has 26 heavy (non-hydrogen) atoms. The second-order valence-electron chi connectivity index (χ2n) is 6.91. The zero-order chi connectivity index (χ0) is 17.9. The van der Waals surface area contributed by atoms with E-state index in [4.69, 9.17) is 4.74 Å². The van der Waals surface area contributed by atoms with Crippen LogP contribution in [0.1, 0.15) is 29.7 Å². The molecule has 134 valence electrons. The molecule has 0 saturated heterocycles. The number of aromatic nitrogens is 1. The van der Waals surface area contributed by atoms with Gasteiger partial charge in [-0.2, -0.15) is 0 Å². The van der Waals surface area contributed by atoms with Gasteiger partial charge in [0.25, 0.3) is 0 Å². The topological polar surface area (TPSA) is 45.3 Å². The first kappa shape index (κ1) is 16.7. The van der Waals surface area contributed by atoms with Crippen LogP contribution in [0.15, 0.2) is 48.5 Å². The fourth-order valence-electron chi connectivity index (χ4n) is 3.66. The summed E-state index contributed by atoms with van der Waals surface area (Å²) in [4.78, 5) is 18.1. The van der Waals surface area contributed by atoms with Crippen LogP contribution >= 0.6 is 0 Å². The number of hydrogen-bond donors (Lipinski definition) is 1. The van der Waals surface area contributed by atoms with Crippen LogP contribution < -0.4 is 4.74 Å². The maximum atomic E-state index is 12.6. The first-order chi connectivity index (χ1) is 12.7. The lowest BCUT2D eigenvalue weighted by Crippen LogP contribution is -2.35. The summed E-state index contributed by atoms with van der Waals surface area (Å²) in [5, 5.41) is 1.24. The largest absolute Gasteiger partial charge is 0.493 e. The monoisotopic (exact) mass is 348 g/mol. The van der Waals surface area contributed by atoms with E-state index in [1.807, 2.05) is 42.2 Å². The summed E-state index contributed by atoms with van der Waals surface area (Å²) in [7, 11) is 0. The Morgan fingerprint density at radius 3 is 2.85 bits per heavy atom. The maximum Gasteiger partial charge on any atom is 0.223 e. The fraction of sp³-hybridized carbons (Fsp3) is 0.318. The van der Waals surface area contributed by atoms with Crippen molar-refractivity contribution < 1.29 is 9.53 Å². The van der Waals surface area contributed by atoms with Crippen molar-refractivity contribution >= 4 is 16.8 Å². The number of aromatic amines is 1. The van der Waals surface area contributed by atoms with Crippen molar-refractivity contribution in [2.75, 3.05) is 13.2 Å². The molecule has 1 aliphatic heterocycles. The summed E-state index contributed by atoms with van der Waals surface area (Å²) >= 11 is 0. The molecule has 0 saturated carbocycles. The van der Waals surface area contributed by atoms with Crippen molar-refractivity contribution in [1.82, 2.24) is 9.88 Å². The zero-order valence-electron chi connectivity index (χ0n) is 15.1. The fourth-order valence-corrected chi connectivity index (χ4v) is 3.66. The van der Waals surface area contributed by atoms with E-state index in [9.17, 15) is 4.79 Å². The Balaban J connectivity index is 1.32. The second-order valence-corrected chi connectivity index (χ2v) is 6.91. The number of carbonyl (C=O) groups excluding carboxylic acids is 1. The van der Waals surface area contributed by atoms with Crippen molar-refractivity contribution in [2.45, 2.75) is 32.7 Å². The predicted octanol–water partition coefficient (Wildman–Crippen LogP) is 4.22. The number of H-pyrrole nitrogens is 1. The summed E-state index contributed by atoms with van der Waals surface area (Å²) < 4.78 is 5.80. The molecule has 4 rings (SSSR count). The van der Waals surface area contributed by atoms with Crippen LogP contribution in [0.5, 0.6) is 5.75 Å². The number of benzene rings is 2. The summed E-state index contributed by atoms with van der Waals surface area (Å²) in [6, 6.07) is 16.3. The molecule has 4 nitrogen and oxygen atoms in total. The molecule has 0 bridgehead atoms. The normalized spacial score (nSPS) is 13.7. The molecule has 0 unspecified atom stereocenters. The predicted molar refractivity (Wildman–Crippen MR) is 103 cm³/mol. The minimum atomic E-state index is 0.217. The van der Waals surface area contributed by atoms with Gasteiger partial charge in [-0.05, 0) is 31.0 Å². The van der Waals surface area contributed by atoms with Gasteiger partial charge in [-0.1, -0.05) is 36.4 Å². The number of fused-ring (bicyclic) bond motifs is 3. The van der Waals surface area contributed by atoms with E-state index in [2.05, 4.69) is 23.2 Å². The molecule has 1 aromatic heterocycles. The van der Waals surface area contributed by atoms with E-state index in [0.29, 0.717) is 19.6 Å². The number of amides is 1. The Kier molecular flexibility index (Phi) is 4.65. The zero-order valence-corrected chi connectivity index (χ0v) is 15.1. The molecule has 4 heteroatoms. The molecule has 2 aromatic carbocycles. The SMILES string of the molecule is Cc1ccccc1OCCCC(=O)N1CCc2[nH]c3ccccc3c2C1. The molecule has 0 fully saturated rings. The summed E-state index contributed by atoms with van der Waals surface area (Å²) in [6.45, 7) is 4.10. The number of aryl methyl sites for hydroxylation is 1. The summed E-state index contributed by atoms with van der Waals surface area (Å²) in [5.74, 6) is 1.12. The number of hydrogen-bond acceptors (Lipinski definition) is 2. The highest BCUT2D eigenvalue weighted by molar-refractivity contribution is 5.86. The van der Waals surface area contributed by atoms with Gasteiger partial charge in [0.15, 0.2) is 0 Å². The Hall–Kier alpha value is -2.75. The number of rotatable bonds is 5. The molecular weight excluding hydrogens is 324 g/mol. The van der Waals surface area contributed by atoms with Crippen LogP contribution in [-0.4, -0.2) is 28.9 Å². The molecule has 1 amide bonds. The van der Waals surface area contributed by atoms with E-state index >= 15 is 0 Å². The third kappa shape index (κ3) is 3.32. The lowest BCUT2D eigenvalue weighted by atomic mass is 10.0. The summed E-state index contributed by atoms with van der Waals surface area (Å²) in [5.41, 5.74) is 4.84. The highest BCUT2D eigenvalue weighted by atomic mass is 16.5. The average molecular weight is 348 g/mol. The Labute approximate surface area is 153 Å². The average Bonchev–Trinajstić information content (AvgIpc) is 3.04. The first-order valence-corrected chi connectivity index (χ1v) is 9.27. The van der Waals surface area contributed by atoms with Crippen LogP contribution in [0.3, 0.4) is 0 Å². The van der Waals surface area contributed by atoms with Gasteiger partial charge in [0.05, 0.1) is 6.61 Å². The third-order valence-corrected chi connectivity index (χ3v) is 5.12. The number of nitrogens with one attached hydrogen (secondary N) is 1. The molecule has 1 aliphatic rings. The third-order valence-electron chi connectivity index (χ3n) is 5.12. The van der Waals surface area contributed by atoms with Gasteiger partial charge in [0.1, 0.15) is 5.75 Å². The van der Waals surface area contributed by atoms with Gasteiger partial charge < -0.3 is 14.6 Å². The van der Waals surface area contributed by atoms with E-state index in [0.717, 1.165) is 30.7 Å². The lowest BCUT2D eigenvalue weighted by molar-refractivity contribution is -0.132. The highest BCUT2D eigenvalue weighted by Gasteiger charge is 2.23. The highest BCUT2D eigenvalue weighted by Crippen LogP contribution is 2.28. The molecule has 0 aliphatic carbocycles. The smallest absolute Gasteiger partial charge is 0.223 e. The van der Waals surface area contributed by atoms with E-state index in [-0.39, 0.29) is 5.91 Å². The van der Waals surface area contributed by atoms with Crippen LogP contribution in [0.2, 0.25) is 0 Å². The first-order valence-electron chi connectivity index (χ1n) is 9.27. The lowest BCUT2D eigenvalue weighted by Gasteiger charge is -2.27. The molecule has 3 aromatic rings. The van der Waals surface area contributed by atoms with Crippen LogP contribution in [-0.2, 0) is 17.8 Å². The molecule has 0 spiro atoms. The van der Waals surface area contributed by atoms with E-state index in [1.165, 1.54) is 22.2 Å². The van der Waals surface area contributed by atoms with Crippen molar-refractivity contribution in [3.63, 3.8) is 0 Å². The van der Waals surface area contributed by atoms with Gasteiger partial charge in [-0.3, -0.25) is 4.79 Å². The molecule has 0 radical (unpaired) electrons. The molecule has 2 heterocycles. The Morgan fingerprint density at radius 1 is 1.15 bits per heavy atom. The van der Waals surface area contributed by atoms with Gasteiger partial charge in [0.2, 0.25) is 5.91 Å². The van der Waals surface area contributed by atoms with Crippen LogP contribution in [0.25, 0.3) is 10.9 Å². The number of nitrogens with zero attached hydrogens (tertiary/aromatic N) is 1. The van der Waals surface area contributed by atoms with Crippen LogP contribution in [0.4, 0.5) is 0 Å². The van der Waals surface area contributed by atoms with E-state index < -0.39 is 0 Å². The van der Waals surface area contributed by atoms with Gasteiger partial charge in [-0.15, -0.1) is 0 Å². The summed E-state index contributed by atoms with van der Waals surface area (Å²) in [6.07, 6.45) is 2.17. The minimum Gasteiger partial charge on any atom is -0.493 e. The standard InChI is InChI=1S/C22H24N2O2/c1-16-7-2-5-10-21(16)26-14-6-11-22(25)24-13-12-20-18(15-24)17-8-3-4-9-19(17)23-20/h2-5,7-10,23H,6,11-15H2,1H3. The van der Waals surface area contributed by atoms with Crippen molar-refractivity contribution in [2.24, 2.45) is 0 Å². The number of carbonyl (C=O) groups is 1. The minimum absolute atomic E-state index is 0.217. The van der Waals surface area contributed by atoms with Crippen molar-refractivity contribution in [3.8, 4) is 5.75 Å². The second kappa shape index (κ2) is 7.24.